The standard InChI is InChI=1S/C14H20N4OS/c1-8(2)7-18(3)14-10(6-15)11(16)12(20-14)13(19)17-9-4-5-9/h8-9H,4-5,7,16H2,1-3H3,(H,17,19). The highest BCUT2D eigenvalue weighted by molar-refractivity contribution is 7.19. The van der Waals surface area contributed by atoms with Crippen molar-refractivity contribution in [1.29, 1.82) is 5.26 Å². The molecule has 1 fully saturated rings. The molecule has 1 saturated carbocycles. The number of anilines is 2. The highest BCUT2D eigenvalue weighted by atomic mass is 32.1. The molecular formula is C14H20N4OS. The average molecular weight is 292 g/mol. The molecule has 1 amide bonds. The van der Waals surface area contributed by atoms with Crippen molar-refractivity contribution in [3.8, 4) is 6.07 Å². The van der Waals surface area contributed by atoms with E-state index < -0.39 is 0 Å². The third kappa shape index (κ3) is 3.05. The van der Waals surface area contributed by atoms with Gasteiger partial charge in [-0.2, -0.15) is 5.26 Å². The van der Waals surface area contributed by atoms with Gasteiger partial charge in [-0.25, -0.2) is 0 Å². The molecule has 0 saturated heterocycles. The molecule has 0 spiro atoms. The number of nitrogens with zero attached hydrogens (tertiary/aromatic N) is 2. The molecule has 1 aliphatic rings. The minimum Gasteiger partial charge on any atom is -0.396 e. The first kappa shape index (κ1) is 14.7. The second-order valence-corrected chi connectivity index (χ2v) is 6.66. The van der Waals surface area contributed by atoms with Gasteiger partial charge in [0.1, 0.15) is 21.5 Å². The lowest BCUT2D eigenvalue weighted by Crippen LogP contribution is -2.25. The number of nitriles is 1. The van der Waals surface area contributed by atoms with Crippen LogP contribution >= 0.6 is 11.3 Å². The van der Waals surface area contributed by atoms with E-state index in [0.717, 1.165) is 24.4 Å². The zero-order valence-electron chi connectivity index (χ0n) is 12.1. The molecule has 1 heterocycles. The fourth-order valence-corrected chi connectivity index (χ4v) is 3.13. The summed E-state index contributed by atoms with van der Waals surface area (Å²) in [5.74, 6) is 0.314. The van der Waals surface area contributed by atoms with E-state index in [0.29, 0.717) is 22.0 Å². The van der Waals surface area contributed by atoms with E-state index in [-0.39, 0.29) is 11.9 Å². The Balaban J connectivity index is 2.28. The van der Waals surface area contributed by atoms with Gasteiger partial charge in [0, 0.05) is 19.6 Å². The van der Waals surface area contributed by atoms with Crippen LogP contribution in [0.1, 0.15) is 41.9 Å². The molecular weight excluding hydrogens is 272 g/mol. The van der Waals surface area contributed by atoms with Crippen LogP contribution in [0.5, 0.6) is 0 Å². The molecule has 5 nitrogen and oxygen atoms in total. The summed E-state index contributed by atoms with van der Waals surface area (Å²) in [6.07, 6.45) is 2.06. The van der Waals surface area contributed by atoms with Crippen molar-refractivity contribution < 1.29 is 4.79 Å². The van der Waals surface area contributed by atoms with E-state index in [4.69, 9.17) is 5.73 Å². The molecule has 0 radical (unpaired) electrons. The topological polar surface area (TPSA) is 82.2 Å². The Kier molecular flexibility index (Phi) is 4.19. The van der Waals surface area contributed by atoms with Crippen LogP contribution in [-0.2, 0) is 0 Å². The summed E-state index contributed by atoms with van der Waals surface area (Å²) < 4.78 is 0. The Bertz CT molecular complexity index is 554. The van der Waals surface area contributed by atoms with Gasteiger partial charge in [0.25, 0.3) is 5.91 Å². The zero-order valence-corrected chi connectivity index (χ0v) is 12.9. The molecule has 1 aromatic heterocycles. The molecule has 1 aromatic rings. The first-order valence-electron chi connectivity index (χ1n) is 6.78. The van der Waals surface area contributed by atoms with Crippen molar-refractivity contribution in [2.45, 2.75) is 32.7 Å². The summed E-state index contributed by atoms with van der Waals surface area (Å²) in [5.41, 5.74) is 6.70. The first-order chi connectivity index (χ1) is 9.43. The van der Waals surface area contributed by atoms with E-state index in [2.05, 4.69) is 25.2 Å². The predicted octanol–water partition coefficient (Wildman–Crippen LogP) is 2.19. The lowest BCUT2D eigenvalue weighted by molar-refractivity contribution is 0.0956. The molecule has 20 heavy (non-hydrogen) atoms. The molecule has 0 aliphatic heterocycles. The number of amides is 1. The highest BCUT2D eigenvalue weighted by Gasteiger charge is 2.28. The SMILES string of the molecule is CC(C)CN(C)c1sc(C(=O)NC2CC2)c(N)c1C#N. The van der Waals surface area contributed by atoms with Crippen LogP contribution in [0.3, 0.4) is 0 Å². The summed E-state index contributed by atoms with van der Waals surface area (Å²) in [4.78, 5) is 14.6. The number of hydrogen-bond donors (Lipinski definition) is 2. The van der Waals surface area contributed by atoms with Gasteiger partial charge >= 0.3 is 0 Å². The fourth-order valence-electron chi connectivity index (χ4n) is 2.09. The van der Waals surface area contributed by atoms with Gasteiger partial charge in [-0.3, -0.25) is 4.79 Å². The molecule has 0 atom stereocenters. The summed E-state index contributed by atoms with van der Waals surface area (Å²) >= 11 is 1.31. The first-order valence-corrected chi connectivity index (χ1v) is 7.60. The fraction of sp³-hybridized carbons (Fsp3) is 0.571. The molecule has 0 aromatic carbocycles. The Morgan fingerprint density at radius 3 is 2.75 bits per heavy atom. The van der Waals surface area contributed by atoms with E-state index in [1.807, 2.05) is 11.9 Å². The maximum absolute atomic E-state index is 12.1. The quantitative estimate of drug-likeness (QED) is 0.871. The normalized spacial score (nSPS) is 14.2. The lowest BCUT2D eigenvalue weighted by Gasteiger charge is -2.19. The lowest BCUT2D eigenvalue weighted by atomic mass is 10.2. The third-order valence-corrected chi connectivity index (χ3v) is 4.46. The van der Waals surface area contributed by atoms with Gasteiger partial charge in [0.2, 0.25) is 0 Å². The second-order valence-electron chi connectivity index (χ2n) is 5.66. The number of nitrogen functional groups attached to an aromatic ring is 1. The van der Waals surface area contributed by atoms with Crippen LogP contribution in [0, 0.1) is 17.2 Å². The van der Waals surface area contributed by atoms with Gasteiger partial charge in [0.05, 0.1) is 5.69 Å². The zero-order chi connectivity index (χ0) is 14.9. The summed E-state index contributed by atoms with van der Waals surface area (Å²) in [7, 11) is 1.93. The Morgan fingerprint density at radius 1 is 1.60 bits per heavy atom. The number of carbonyl (C=O) groups excluding carboxylic acids is 1. The van der Waals surface area contributed by atoms with Crippen molar-refractivity contribution in [2.75, 3.05) is 24.2 Å². The van der Waals surface area contributed by atoms with Gasteiger partial charge in [0.15, 0.2) is 0 Å². The largest absolute Gasteiger partial charge is 0.396 e. The summed E-state index contributed by atoms with van der Waals surface area (Å²) in [6.45, 7) is 5.04. The third-order valence-electron chi connectivity index (χ3n) is 3.14. The summed E-state index contributed by atoms with van der Waals surface area (Å²) in [6, 6.07) is 2.41. The van der Waals surface area contributed by atoms with Gasteiger partial charge in [-0.05, 0) is 18.8 Å². The average Bonchev–Trinajstić information content (AvgIpc) is 3.09. The molecule has 3 N–H and O–H groups in total. The van der Waals surface area contributed by atoms with Crippen LogP contribution < -0.4 is 16.0 Å². The molecule has 2 rings (SSSR count). The number of rotatable bonds is 5. The molecule has 108 valence electrons. The van der Waals surface area contributed by atoms with Gasteiger partial charge in [-0.15, -0.1) is 11.3 Å². The maximum Gasteiger partial charge on any atom is 0.263 e. The van der Waals surface area contributed by atoms with E-state index in [9.17, 15) is 10.1 Å². The smallest absolute Gasteiger partial charge is 0.263 e. The van der Waals surface area contributed by atoms with Crippen LogP contribution in [0.4, 0.5) is 10.7 Å². The Morgan fingerprint density at radius 2 is 2.25 bits per heavy atom. The monoisotopic (exact) mass is 292 g/mol. The minimum atomic E-state index is -0.157. The van der Waals surface area contributed by atoms with E-state index >= 15 is 0 Å². The van der Waals surface area contributed by atoms with E-state index in [1.165, 1.54) is 11.3 Å². The highest BCUT2D eigenvalue weighted by Crippen LogP contribution is 2.38. The summed E-state index contributed by atoms with van der Waals surface area (Å²) in [5, 5.41) is 13.0. The maximum atomic E-state index is 12.1. The number of nitrogens with one attached hydrogen (secondary N) is 1. The van der Waals surface area contributed by atoms with Crippen LogP contribution in [0.2, 0.25) is 0 Å². The van der Waals surface area contributed by atoms with Crippen molar-refractivity contribution >= 4 is 27.9 Å². The molecule has 1 aliphatic carbocycles. The number of carbonyl (C=O) groups is 1. The predicted molar refractivity (Wildman–Crippen MR) is 82.0 cm³/mol. The van der Waals surface area contributed by atoms with Crippen LogP contribution in [0.15, 0.2) is 0 Å². The van der Waals surface area contributed by atoms with Crippen molar-refractivity contribution in [1.82, 2.24) is 5.32 Å². The Hall–Kier alpha value is -1.74. The van der Waals surface area contributed by atoms with Gasteiger partial charge in [-0.1, -0.05) is 13.8 Å². The van der Waals surface area contributed by atoms with Crippen molar-refractivity contribution in [3.05, 3.63) is 10.4 Å². The van der Waals surface area contributed by atoms with Crippen LogP contribution in [-0.4, -0.2) is 25.5 Å². The number of nitrogens with two attached hydrogens (primary N) is 1. The minimum absolute atomic E-state index is 0.157. The Labute approximate surface area is 123 Å². The van der Waals surface area contributed by atoms with Crippen molar-refractivity contribution in [3.63, 3.8) is 0 Å². The number of hydrogen-bond acceptors (Lipinski definition) is 5. The number of thiophene rings is 1. The van der Waals surface area contributed by atoms with Gasteiger partial charge < -0.3 is 16.0 Å². The second kappa shape index (κ2) is 5.71. The molecule has 0 bridgehead atoms. The molecule has 6 heteroatoms. The van der Waals surface area contributed by atoms with Crippen molar-refractivity contribution in [2.24, 2.45) is 5.92 Å². The molecule has 0 unspecified atom stereocenters. The van der Waals surface area contributed by atoms with Crippen LogP contribution in [0.25, 0.3) is 0 Å². The van der Waals surface area contributed by atoms with E-state index in [1.54, 1.807) is 0 Å².